The van der Waals surface area contributed by atoms with Crippen molar-refractivity contribution in [1.82, 2.24) is 15.5 Å². The number of carbonyl (C=O) groups is 4. The summed E-state index contributed by atoms with van der Waals surface area (Å²) in [6, 6.07) is -2.08. The lowest BCUT2D eigenvalue weighted by molar-refractivity contribution is -0.174. The van der Waals surface area contributed by atoms with Gasteiger partial charge in [-0.2, -0.15) is 13.2 Å². The Morgan fingerprint density at radius 1 is 1.16 bits per heavy atom. The molecule has 0 aromatic carbocycles. The molecule has 3 unspecified atom stereocenters. The van der Waals surface area contributed by atoms with Crippen LogP contribution in [0.5, 0.6) is 0 Å². The quantitative estimate of drug-likeness (QED) is 0.397. The van der Waals surface area contributed by atoms with Crippen LogP contribution in [0.4, 0.5) is 13.2 Å². The molecule has 0 aromatic rings. The lowest BCUT2D eigenvalue weighted by atomic mass is 9.93. The first kappa shape index (κ1) is 24.9. The number of aliphatic carboxylic acids is 1. The number of halogens is 3. The monoisotopic (exact) mass is 451 g/mol. The molecule has 0 aromatic heterocycles. The van der Waals surface area contributed by atoms with Gasteiger partial charge in [0.05, 0.1) is 12.6 Å². The highest BCUT2D eigenvalue weighted by Gasteiger charge is 2.44. The summed E-state index contributed by atoms with van der Waals surface area (Å²) in [5.74, 6) is -5.10. The fourth-order valence-electron chi connectivity index (χ4n) is 3.66. The van der Waals surface area contributed by atoms with Crippen LogP contribution in [0.1, 0.15) is 39.5 Å². The van der Waals surface area contributed by atoms with Crippen LogP contribution in [0.2, 0.25) is 0 Å². The van der Waals surface area contributed by atoms with E-state index in [0.29, 0.717) is 0 Å². The highest BCUT2D eigenvalue weighted by atomic mass is 19.4. The normalized spacial score (nSPS) is 23.4. The van der Waals surface area contributed by atoms with Gasteiger partial charge in [-0.3, -0.25) is 14.4 Å². The molecule has 1 heterocycles. The molecule has 9 nitrogen and oxygen atoms in total. The van der Waals surface area contributed by atoms with Crippen LogP contribution >= 0.6 is 0 Å². The number of likely N-dealkylation sites (tertiary alicyclic amines) is 1. The zero-order valence-corrected chi connectivity index (χ0v) is 17.3. The van der Waals surface area contributed by atoms with Gasteiger partial charge in [-0.15, -0.1) is 0 Å². The summed E-state index contributed by atoms with van der Waals surface area (Å²) in [6.45, 7) is 2.95. The minimum Gasteiger partial charge on any atom is -0.479 e. The second-order valence-corrected chi connectivity index (χ2v) is 8.56. The van der Waals surface area contributed by atoms with Gasteiger partial charge < -0.3 is 25.7 Å². The fraction of sp³-hybridized carbons (Fsp3) is 0.789. The maximum Gasteiger partial charge on any atom is 0.471 e. The number of nitrogens with one attached hydrogen (secondary N) is 2. The molecule has 3 amide bonds. The van der Waals surface area contributed by atoms with E-state index < -0.39 is 54.6 Å². The number of carboxylic acid groups (broad SMARTS) is 1. The average Bonchev–Trinajstić information content (AvgIpc) is 3.36. The van der Waals surface area contributed by atoms with Gasteiger partial charge in [-0.1, -0.05) is 26.7 Å². The minimum absolute atomic E-state index is 0.0738. The lowest BCUT2D eigenvalue weighted by Gasteiger charge is -2.28. The van der Waals surface area contributed by atoms with Crippen molar-refractivity contribution in [3.05, 3.63) is 0 Å². The van der Waals surface area contributed by atoms with Gasteiger partial charge in [-0.05, 0) is 30.6 Å². The molecule has 176 valence electrons. The molecule has 0 radical (unpaired) electrons. The summed E-state index contributed by atoms with van der Waals surface area (Å²) in [7, 11) is 0. The van der Waals surface area contributed by atoms with Crippen LogP contribution in [0.25, 0.3) is 0 Å². The second-order valence-electron chi connectivity index (χ2n) is 8.56. The third-order valence-corrected chi connectivity index (χ3v) is 5.80. The topological polar surface area (TPSA) is 136 Å². The van der Waals surface area contributed by atoms with Crippen molar-refractivity contribution >= 4 is 23.7 Å². The molecule has 1 aliphatic carbocycles. The number of aliphatic hydroxyl groups is 1. The summed E-state index contributed by atoms with van der Waals surface area (Å²) in [6.07, 6.45) is -4.72. The van der Waals surface area contributed by atoms with Crippen LogP contribution in [0.15, 0.2) is 0 Å². The second kappa shape index (κ2) is 9.84. The van der Waals surface area contributed by atoms with E-state index >= 15 is 0 Å². The average molecular weight is 451 g/mol. The molecule has 4 atom stereocenters. The molecule has 4 N–H and O–H groups in total. The van der Waals surface area contributed by atoms with Crippen LogP contribution in [-0.4, -0.2) is 76.3 Å². The summed E-state index contributed by atoms with van der Waals surface area (Å²) in [4.78, 5) is 48.7. The molecule has 1 saturated heterocycles. The van der Waals surface area contributed by atoms with E-state index in [2.05, 4.69) is 5.32 Å². The van der Waals surface area contributed by atoms with Crippen molar-refractivity contribution in [2.24, 2.45) is 17.8 Å². The molecule has 1 saturated carbocycles. The number of rotatable bonds is 9. The highest BCUT2D eigenvalue weighted by molar-refractivity contribution is 5.92. The number of amides is 3. The number of carboxylic acids is 1. The Morgan fingerprint density at radius 3 is 2.26 bits per heavy atom. The maximum atomic E-state index is 12.9. The third-order valence-electron chi connectivity index (χ3n) is 5.80. The van der Waals surface area contributed by atoms with E-state index in [4.69, 9.17) is 5.11 Å². The van der Waals surface area contributed by atoms with Gasteiger partial charge in [0.1, 0.15) is 6.04 Å². The fourth-order valence-corrected chi connectivity index (χ4v) is 3.66. The minimum atomic E-state index is -5.13. The van der Waals surface area contributed by atoms with E-state index in [1.165, 1.54) is 5.32 Å². The molecule has 2 fully saturated rings. The molecule has 12 heteroatoms. The first-order valence-electron chi connectivity index (χ1n) is 10.2. The van der Waals surface area contributed by atoms with Gasteiger partial charge >= 0.3 is 18.1 Å². The smallest absolute Gasteiger partial charge is 0.471 e. The van der Waals surface area contributed by atoms with E-state index in [-0.39, 0.29) is 37.1 Å². The van der Waals surface area contributed by atoms with E-state index in [1.807, 2.05) is 13.8 Å². The lowest BCUT2D eigenvalue weighted by Crippen LogP contribution is -2.54. The van der Waals surface area contributed by atoms with Gasteiger partial charge in [0.15, 0.2) is 6.10 Å². The van der Waals surface area contributed by atoms with Gasteiger partial charge in [0, 0.05) is 6.54 Å². The van der Waals surface area contributed by atoms with Crippen molar-refractivity contribution in [3.8, 4) is 0 Å². The Kier molecular flexibility index (Phi) is 7.90. The molecule has 0 bridgehead atoms. The molecule has 31 heavy (non-hydrogen) atoms. The van der Waals surface area contributed by atoms with Crippen molar-refractivity contribution in [2.75, 3.05) is 13.1 Å². The first-order valence-corrected chi connectivity index (χ1v) is 10.2. The summed E-state index contributed by atoms with van der Waals surface area (Å²) in [5.41, 5.74) is 0. The van der Waals surface area contributed by atoms with Crippen LogP contribution in [0, 0.1) is 17.8 Å². The number of carbonyl (C=O) groups excluding carboxylic acids is 3. The highest BCUT2D eigenvalue weighted by Crippen LogP contribution is 2.34. The summed E-state index contributed by atoms with van der Waals surface area (Å²) < 4.78 is 37.1. The third kappa shape index (κ3) is 6.81. The van der Waals surface area contributed by atoms with Crippen LogP contribution in [0.3, 0.4) is 0 Å². The summed E-state index contributed by atoms with van der Waals surface area (Å²) in [5, 5.41) is 23.1. The molecule has 2 rings (SSSR count). The van der Waals surface area contributed by atoms with Crippen molar-refractivity contribution in [2.45, 2.75) is 63.9 Å². The van der Waals surface area contributed by atoms with Gasteiger partial charge in [0.25, 0.3) is 0 Å². The summed E-state index contributed by atoms with van der Waals surface area (Å²) >= 11 is 0. The van der Waals surface area contributed by atoms with Crippen molar-refractivity contribution < 1.29 is 42.6 Å². The largest absolute Gasteiger partial charge is 0.479 e. The van der Waals surface area contributed by atoms with E-state index in [1.54, 1.807) is 0 Å². The molecular weight excluding hydrogens is 423 g/mol. The Hall–Kier alpha value is -2.37. The van der Waals surface area contributed by atoms with Crippen molar-refractivity contribution in [3.63, 3.8) is 0 Å². The Bertz CT molecular complexity index is 710. The number of nitrogens with zero attached hydrogens (tertiary/aromatic N) is 1. The SMILES string of the molecule is CC(C)C1C[C@@H](C(=O)NC(CC2CC2)C(O)C(=O)O)N(C(=O)CNC(=O)C(F)(F)F)C1. The zero-order valence-electron chi connectivity index (χ0n) is 17.3. The number of hydrogen-bond donors (Lipinski definition) is 4. The molecule has 2 aliphatic rings. The van der Waals surface area contributed by atoms with Gasteiger partial charge in [0.2, 0.25) is 11.8 Å². The Labute approximate surface area is 177 Å². The molecular formula is C19H28F3N3O6. The van der Waals surface area contributed by atoms with E-state index in [0.717, 1.165) is 17.7 Å². The van der Waals surface area contributed by atoms with Crippen LogP contribution in [-0.2, 0) is 19.2 Å². The Balaban J connectivity index is 2.09. The van der Waals surface area contributed by atoms with E-state index in [9.17, 15) is 37.5 Å². The number of alkyl halides is 3. The van der Waals surface area contributed by atoms with Crippen molar-refractivity contribution in [1.29, 1.82) is 0 Å². The standard InChI is InChI=1S/C19H28F3N3O6/c1-9(2)11-6-13(25(8-11)14(26)7-23-18(31)19(20,21)22)16(28)24-12(5-10-3-4-10)15(27)17(29)30/h9-13,15,27H,3-8H2,1-2H3,(H,23,31)(H,24,28)(H,29,30)/t11?,12?,13-,15?/m0/s1. The van der Waals surface area contributed by atoms with Crippen LogP contribution < -0.4 is 10.6 Å². The van der Waals surface area contributed by atoms with Gasteiger partial charge in [-0.25, -0.2) is 4.79 Å². The Morgan fingerprint density at radius 2 is 1.77 bits per heavy atom. The predicted octanol–water partition coefficient (Wildman–Crippen LogP) is 0.268. The molecule has 1 aliphatic heterocycles. The first-order chi connectivity index (χ1) is 14.3. The molecule has 0 spiro atoms. The number of hydrogen-bond acceptors (Lipinski definition) is 5. The predicted molar refractivity (Wildman–Crippen MR) is 100 cm³/mol. The number of aliphatic hydroxyl groups excluding tert-OH is 1. The maximum absolute atomic E-state index is 12.9. The zero-order chi connectivity index (χ0) is 23.5.